The molecular formula is C24H22N2O4. The molecule has 1 N–H and O–H groups in total. The zero-order valence-corrected chi connectivity index (χ0v) is 16.6. The van der Waals surface area contributed by atoms with Crippen molar-refractivity contribution in [2.75, 3.05) is 23.9 Å². The zero-order valence-electron chi connectivity index (χ0n) is 16.6. The molecule has 30 heavy (non-hydrogen) atoms. The molecule has 2 amide bonds. The van der Waals surface area contributed by atoms with Crippen molar-refractivity contribution < 1.29 is 19.1 Å². The molecule has 3 aromatic rings. The molecule has 0 unspecified atom stereocenters. The monoisotopic (exact) mass is 402 g/mol. The van der Waals surface area contributed by atoms with Gasteiger partial charge >= 0.3 is 0 Å². The van der Waals surface area contributed by atoms with Crippen molar-refractivity contribution in [2.24, 2.45) is 0 Å². The average molecular weight is 402 g/mol. The van der Waals surface area contributed by atoms with E-state index >= 15 is 0 Å². The lowest BCUT2D eigenvalue weighted by Gasteiger charge is -2.20. The fourth-order valence-corrected chi connectivity index (χ4v) is 3.44. The van der Waals surface area contributed by atoms with Crippen LogP contribution in [0.4, 0.5) is 11.4 Å². The van der Waals surface area contributed by atoms with Crippen LogP contribution in [0, 0.1) is 0 Å². The van der Waals surface area contributed by atoms with E-state index in [0.717, 1.165) is 6.42 Å². The zero-order chi connectivity index (χ0) is 20.9. The molecule has 6 heteroatoms. The van der Waals surface area contributed by atoms with Gasteiger partial charge in [-0.05, 0) is 42.8 Å². The minimum atomic E-state index is -0.298. The predicted octanol–water partition coefficient (Wildman–Crippen LogP) is 4.87. The Morgan fingerprint density at radius 2 is 1.73 bits per heavy atom. The number of carbonyl (C=O) groups is 2. The number of hydrogen-bond acceptors (Lipinski definition) is 4. The lowest BCUT2D eigenvalue weighted by molar-refractivity contribution is -0.117. The highest BCUT2D eigenvalue weighted by molar-refractivity contribution is 6.06. The fraction of sp³-hybridized carbons (Fsp3) is 0.167. The number of nitrogens with one attached hydrogen (secondary N) is 1. The van der Waals surface area contributed by atoms with Gasteiger partial charge in [-0.1, -0.05) is 30.3 Å². The first kappa shape index (κ1) is 19.5. The summed E-state index contributed by atoms with van der Waals surface area (Å²) in [6, 6.07) is 21.7. The second-order valence-electron chi connectivity index (χ2n) is 6.90. The molecule has 0 spiro atoms. The topological polar surface area (TPSA) is 67.9 Å². The van der Waals surface area contributed by atoms with E-state index in [4.69, 9.17) is 9.47 Å². The van der Waals surface area contributed by atoms with Crippen LogP contribution in [-0.4, -0.2) is 25.5 Å². The molecule has 1 aliphatic heterocycles. The Balaban J connectivity index is 1.55. The van der Waals surface area contributed by atoms with Gasteiger partial charge in [0.2, 0.25) is 5.91 Å². The van der Waals surface area contributed by atoms with E-state index in [1.807, 2.05) is 36.4 Å². The Kier molecular flexibility index (Phi) is 5.66. The largest absolute Gasteiger partial charge is 0.494 e. The Labute approximate surface area is 175 Å². The fourth-order valence-electron chi connectivity index (χ4n) is 3.44. The number of ether oxygens (including phenoxy) is 2. The summed E-state index contributed by atoms with van der Waals surface area (Å²) < 4.78 is 11.3. The first-order chi connectivity index (χ1) is 14.7. The smallest absolute Gasteiger partial charge is 0.259 e. The highest BCUT2D eigenvalue weighted by atomic mass is 16.5. The lowest BCUT2D eigenvalue weighted by atomic mass is 10.1. The van der Waals surface area contributed by atoms with Crippen molar-refractivity contribution in [1.82, 2.24) is 0 Å². The third-order valence-electron chi connectivity index (χ3n) is 4.90. The molecule has 0 bridgehead atoms. The van der Waals surface area contributed by atoms with Gasteiger partial charge in [-0.15, -0.1) is 0 Å². The number of nitrogens with zero attached hydrogens (tertiary/aromatic N) is 1. The van der Waals surface area contributed by atoms with Gasteiger partial charge in [0.25, 0.3) is 5.91 Å². The average Bonchev–Trinajstić information content (AvgIpc) is 3.20. The molecule has 1 fully saturated rings. The summed E-state index contributed by atoms with van der Waals surface area (Å²) in [6.45, 7) is 0.672. The van der Waals surface area contributed by atoms with Gasteiger partial charge in [-0.3, -0.25) is 9.59 Å². The van der Waals surface area contributed by atoms with Gasteiger partial charge < -0.3 is 19.7 Å². The summed E-state index contributed by atoms with van der Waals surface area (Å²) in [6.07, 6.45) is 1.37. The Bertz CT molecular complexity index is 1070. The van der Waals surface area contributed by atoms with Gasteiger partial charge in [0.05, 0.1) is 18.4 Å². The van der Waals surface area contributed by atoms with Gasteiger partial charge in [0.1, 0.15) is 17.2 Å². The van der Waals surface area contributed by atoms with E-state index in [0.29, 0.717) is 47.2 Å². The third kappa shape index (κ3) is 4.12. The van der Waals surface area contributed by atoms with Crippen molar-refractivity contribution in [3.63, 3.8) is 0 Å². The second kappa shape index (κ2) is 8.69. The number of rotatable bonds is 6. The summed E-state index contributed by atoms with van der Waals surface area (Å²) >= 11 is 0. The molecule has 1 heterocycles. The van der Waals surface area contributed by atoms with Crippen molar-refractivity contribution in [3.8, 4) is 17.2 Å². The first-order valence-electron chi connectivity index (χ1n) is 9.77. The summed E-state index contributed by atoms with van der Waals surface area (Å²) in [5.74, 6) is 1.44. The van der Waals surface area contributed by atoms with E-state index in [-0.39, 0.29) is 11.8 Å². The molecule has 0 radical (unpaired) electrons. The normalized spacial score (nSPS) is 13.2. The van der Waals surface area contributed by atoms with Crippen LogP contribution < -0.4 is 19.7 Å². The van der Waals surface area contributed by atoms with Gasteiger partial charge in [-0.25, -0.2) is 0 Å². The molecule has 152 valence electrons. The van der Waals surface area contributed by atoms with Crippen LogP contribution >= 0.6 is 0 Å². The predicted molar refractivity (Wildman–Crippen MR) is 115 cm³/mol. The van der Waals surface area contributed by atoms with E-state index in [1.54, 1.807) is 48.4 Å². The van der Waals surface area contributed by atoms with Gasteiger partial charge in [0, 0.05) is 24.7 Å². The van der Waals surface area contributed by atoms with Gasteiger partial charge in [-0.2, -0.15) is 0 Å². The van der Waals surface area contributed by atoms with E-state index in [9.17, 15) is 9.59 Å². The van der Waals surface area contributed by atoms with Crippen molar-refractivity contribution >= 4 is 23.2 Å². The summed E-state index contributed by atoms with van der Waals surface area (Å²) in [4.78, 5) is 26.7. The maximum absolute atomic E-state index is 12.9. The number of methoxy groups -OCH3 is 1. The van der Waals surface area contributed by atoms with E-state index in [2.05, 4.69) is 5.32 Å². The van der Waals surface area contributed by atoms with Crippen molar-refractivity contribution in [1.29, 1.82) is 0 Å². The number of amides is 2. The maximum atomic E-state index is 12.9. The SMILES string of the molecule is COc1cc(NC(=O)c2ccccc2Oc2ccccc2)ccc1N1CCCC1=O. The summed E-state index contributed by atoms with van der Waals surface area (Å²) in [7, 11) is 1.55. The third-order valence-corrected chi connectivity index (χ3v) is 4.90. The van der Waals surface area contributed by atoms with Crippen LogP contribution in [0.1, 0.15) is 23.2 Å². The van der Waals surface area contributed by atoms with Crippen LogP contribution in [-0.2, 0) is 4.79 Å². The van der Waals surface area contributed by atoms with Crippen LogP contribution in [0.3, 0.4) is 0 Å². The summed E-state index contributed by atoms with van der Waals surface area (Å²) in [5, 5.41) is 2.89. The van der Waals surface area contributed by atoms with E-state index in [1.165, 1.54) is 0 Å². The number of benzene rings is 3. The molecular weight excluding hydrogens is 380 g/mol. The molecule has 1 aliphatic rings. The Morgan fingerprint density at radius 1 is 0.967 bits per heavy atom. The van der Waals surface area contributed by atoms with Crippen molar-refractivity contribution in [2.45, 2.75) is 12.8 Å². The van der Waals surface area contributed by atoms with Crippen LogP contribution in [0.15, 0.2) is 72.8 Å². The molecule has 4 rings (SSSR count). The van der Waals surface area contributed by atoms with Gasteiger partial charge in [0.15, 0.2) is 0 Å². The quantitative estimate of drug-likeness (QED) is 0.639. The number of carbonyl (C=O) groups excluding carboxylic acids is 2. The Hall–Kier alpha value is -3.80. The standard InChI is InChI=1S/C24H22N2O4/c1-29-22-16-17(13-14-20(22)26-15-7-12-23(26)27)25-24(28)19-10-5-6-11-21(19)30-18-8-3-2-4-9-18/h2-6,8-11,13-14,16H,7,12,15H2,1H3,(H,25,28). The molecule has 0 atom stereocenters. The van der Waals surface area contributed by atoms with E-state index < -0.39 is 0 Å². The molecule has 3 aromatic carbocycles. The number of anilines is 2. The number of para-hydroxylation sites is 2. The first-order valence-corrected chi connectivity index (χ1v) is 9.77. The van der Waals surface area contributed by atoms with Crippen LogP contribution in [0.5, 0.6) is 17.2 Å². The van der Waals surface area contributed by atoms with Crippen LogP contribution in [0.2, 0.25) is 0 Å². The molecule has 0 aromatic heterocycles. The van der Waals surface area contributed by atoms with Crippen LogP contribution in [0.25, 0.3) is 0 Å². The summed E-state index contributed by atoms with van der Waals surface area (Å²) in [5.41, 5.74) is 1.70. The molecule has 1 saturated heterocycles. The maximum Gasteiger partial charge on any atom is 0.259 e. The highest BCUT2D eigenvalue weighted by Gasteiger charge is 2.24. The highest BCUT2D eigenvalue weighted by Crippen LogP contribution is 2.34. The molecule has 6 nitrogen and oxygen atoms in total. The Morgan fingerprint density at radius 3 is 2.47 bits per heavy atom. The molecule has 0 aliphatic carbocycles. The minimum absolute atomic E-state index is 0.0806. The lowest BCUT2D eigenvalue weighted by Crippen LogP contribution is -2.24. The van der Waals surface area contributed by atoms with Crippen molar-refractivity contribution in [3.05, 3.63) is 78.4 Å². The number of hydrogen-bond donors (Lipinski definition) is 1. The minimum Gasteiger partial charge on any atom is -0.494 e. The second-order valence-corrected chi connectivity index (χ2v) is 6.90. The molecule has 0 saturated carbocycles.